The highest BCUT2D eigenvalue weighted by Gasteiger charge is 2.22. The molecule has 114 valence electrons. The predicted octanol–water partition coefficient (Wildman–Crippen LogP) is 3.84. The monoisotopic (exact) mass is 299 g/mol. The maximum atomic E-state index is 12.8. The van der Waals surface area contributed by atoms with Crippen molar-refractivity contribution in [3.8, 4) is 0 Å². The molecule has 0 spiro atoms. The van der Waals surface area contributed by atoms with Crippen LogP contribution in [0.3, 0.4) is 0 Å². The molecule has 4 heteroatoms. The van der Waals surface area contributed by atoms with Gasteiger partial charge >= 0.3 is 0 Å². The molecule has 0 saturated heterocycles. The highest BCUT2D eigenvalue weighted by atomic mass is 32.2. The van der Waals surface area contributed by atoms with Gasteiger partial charge in [-0.15, -0.1) is 11.8 Å². The van der Waals surface area contributed by atoms with E-state index >= 15 is 0 Å². The van der Waals surface area contributed by atoms with Crippen molar-refractivity contribution in [1.29, 1.82) is 0 Å². The first kappa shape index (κ1) is 17.5. The highest BCUT2D eigenvalue weighted by molar-refractivity contribution is 7.99. The standard InChI is InChI=1S/C16H26FNOS/c1-13(2)18-16(3,12-19)10-4-5-11-20-15-8-6-14(17)7-9-15/h6-9,13,18-19H,4-5,10-12H2,1-3H3. The number of thioether (sulfide) groups is 1. The molecule has 0 radical (unpaired) electrons. The van der Waals surface area contributed by atoms with Crippen LogP contribution in [-0.2, 0) is 0 Å². The Bertz CT molecular complexity index is 383. The average Bonchev–Trinajstić information content (AvgIpc) is 2.40. The van der Waals surface area contributed by atoms with Gasteiger partial charge in [0, 0.05) is 16.5 Å². The molecule has 0 bridgehead atoms. The van der Waals surface area contributed by atoms with Gasteiger partial charge in [-0.05, 0) is 49.8 Å². The first-order valence-corrected chi connectivity index (χ1v) is 8.21. The highest BCUT2D eigenvalue weighted by Crippen LogP contribution is 2.21. The van der Waals surface area contributed by atoms with Crippen LogP contribution in [0.4, 0.5) is 4.39 Å². The van der Waals surface area contributed by atoms with Crippen molar-refractivity contribution in [2.75, 3.05) is 12.4 Å². The number of benzene rings is 1. The van der Waals surface area contributed by atoms with E-state index in [9.17, 15) is 9.50 Å². The van der Waals surface area contributed by atoms with E-state index in [2.05, 4.69) is 26.1 Å². The first-order valence-electron chi connectivity index (χ1n) is 7.22. The minimum absolute atomic E-state index is 0.163. The van der Waals surface area contributed by atoms with Crippen molar-refractivity contribution in [2.45, 2.75) is 56.5 Å². The van der Waals surface area contributed by atoms with Crippen LogP contribution < -0.4 is 5.32 Å². The second-order valence-corrected chi connectivity index (χ2v) is 6.95. The lowest BCUT2D eigenvalue weighted by molar-refractivity contribution is 0.154. The fourth-order valence-corrected chi connectivity index (χ4v) is 3.14. The number of hydrogen-bond donors (Lipinski definition) is 2. The number of hydrogen-bond acceptors (Lipinski definition) is 3. The van der Waals surface area contributed by atoms with E-state index in [0.717, 1.165) is 29.9 Å². The lowest BCUT2D eigenvalue weighted by atomic mass is 9.95. The summed E-state index contributed by atoms with van der Waals surface area (Å²) in [6.45, 7) is 6.42. The van der Waals surface area contributed by atoms with Crippen molar-refractivity contribution in [1.82, 2.24) is 5.32 Å². The largest absolute Gasteiger partial charge is 0.394 e. The summed E-state index contributed by atoms with van der Waals surface area (Å²) in [4.78, 5) is 1.11. The maximum absolute atomic E-state index is 12.8. The molecule has 1 atom stereocenters. The molecule has 0 aliphatic carbocycles. The summed E-state index contributed by atoms with van der Waals surface area (Å²) < 4.78 is 12.8. The number of unbranched alkanes of at least 4 members (excludes halogenated alkanes) is 1. The molecule has 0 aliphatic heterocycles. The van der Waals surface area contributed by atoms with Crippen LogP contribution in [0.1, 0.15) is 40.0 Å². The molecule has 0 aliphatic rings. The Balaban J connectivity index is 2.22. The van der Waals surface area contributed by atoms with E-state index in [0.29, 0.717) is 6.04 Å². The summed E-state index contributed by atoms with van der Waals surface area (Å²) >= 11 is 1.75. The van der Waals surface area contributed by atoms with Crippen LogP contribution in [0.5, 0.6) is 0 Å². The van der Waals surface area contributed by atoms with Crippen molar-refractivity contribution in [3.63, 3.8) is 0 Å². The molecule has 2 nitrogen and oxygen atoms in total. The average molecular weight is 299 g/mol. The SMILES string of the molecule is CC(C)NC(C)(CO)CCCCSc1ccc(F)cc1. The van der Waals surface area contributed by atoms with Crippen molar-refractivity contribution in [3.05, 3.63) is 30.1 Å². The van der Waals surface area contributed by atoms with Crippen molar-refractivity contribution >= 4 is 11.8 Å². The molecular formula is C16H26FNOS. The molecule has 0 amide bonds. The molecule has 2 N–H and O–H groups in total. The van der Waals surface area contributed by atoms with Crippen LogP contribution in [0.2, 0.25) is 0 Å². The third kappa shape index (κ3) is 6.73. The van der Waals surface area contributed by atoms with E-state index in [1.807, 2.05) is 12.1 Å². The Morgan fingerprint density at radius 3 is 2.45 bits per heavy atom. The van der Waals surface area contributed by atoms with Crippen LogP contribution in [0, 0.1) is 5.82 Å². The van der Waals surface area contributed by atoms with Gasteiger partial charge in [0.15, 0.2) is 0 Å². The zero-order valence-electron chi connectivity index (χ0n) is 12.7. The summed E-state index contributed by atoms with van der Waals surface area (Å²) in [5, 5.41) is 12.9. The van der Waals surface area contributed by atoms with Gasteiger partial charge in [-0.25, -0.2) is 4.39 Å². The van der Waals surface area contributed by atoms with E-state index < -0.39 is 0 Å². The zero-order valence-corrected chi connectivity index (χ0v) is 13.5. The summed E-state index contributed by atoms with van der Waals surface area (Å²) in [5.41, 5.74) is -0.186. The van der Waals surface area contributed by atoms with E-state index in [-0.39, 0.29) is 18.0 Å². The van der Waals surface area contributed by atoms with E-state index in [1.165, 1.54) is 12.1 Å². The lowest BCUT2D eigenvalue weighted by Gasteiger charge is -2.31. The molecule has 1 rings (SSSR count). The molecule has 0 saturated carbocycles. The topological polar surface area (TPSA) is 32.3 Å². The van der Waals surface area contributed by atoms with Crippen LogP contribution >= 0.6 is 11.8 Å². The van der Waals surface area contributed by atoms with Gasteiger partial charge in [0.25, 0.3) is 0 Å². The number of aliphatic hydroxyl groups is 1. The summed E-state index contributed by atoms with van der Waals surface area (Å²) in [6, 6.07) is 7.01. The van der Waals surface area contributed by atoms with Crippen LogP contribution in [0.15, 0.2) is 29.2 Å². The Morgan fingerprint density at radius 2 is 1.90 bits per heavy atom. The lowest BCUT2D eigenvalue weighted by Crippen LogP contribution is -2.49. The quantitative estimate of drug-likeness (QED) is 0.537. The Labute approximate surface area is 126 Å². The number of nitrogens with one attached hydrogen (secondary N) is 1. The van der Waals surface area contributed by atoms with Gasteiger partial charge in [-0.2, -0.15) is 0 Å². The van der Waals surface area contributed by atoms with Crippen molar-refractivity contribution in [2.24, 2.45) is 0 Å². The molecule has 0 aromatic heterocycles. The predicted molar refractivity (Wildman–Crippen MR) is 84.7 cm³/mol. The minimum atomic E-state index is -0.187. The number of aliphatic hydroxyl groups excluding tert-OH is 1. The van der Waals surface area contributed by atoms with Gasteiger partial charge in [-0.1, -0.05) is 20.3 Å². The Kier molecular flexibility index (Phi) is 7.56. The summed E-state index contributed by atoms with van der Waals surface area (Å²) in [7, 11) is 0. The third-order valence-corrected chi connectivity index (χ3v) is 4.29. The summed E-state index contributed by atoms with van der Waals surface area (Å²) in [5.74, 6) is 0.835. The third-order valence-electron chi connectivity index (χ3n) is 3.19. The molecule has 0 fully saturated rings. The normalized spacial score (nSPS) is 14.5. The van der Waals surface area contributed by atoms with Gasteiger partial charge in [0.2, 0.25) is 0 Å². The van der Waals surface area contributed by atoms with Crippen LogP contribution in [-0.4, -0.2) is 29.0 Å². The fourth-order valence-electron chi connectivity index (χ4n) is 2.23. The van der Waals surface area contributed by atoms with E-state index in [1.54, 1.807) is 11.8 Å². The van der Waals surface area contributed by atoms with Gasteiger partial charge < -0.3 is 10.4 Å². The molecule has 20 heavy (non-hydrogen) atoms. The smallest absolute Gasteiger partial charge is 0.123 e. The second kappa shape index (κ2) is 8.65. The Morgan fingerprint density at radius 1 is 1.25 bits per heavy atom. The van der Waals surface area contributed by atoms with Crippen molar-refractivity contribution < 1.29 is 9.50 Å². The Hall–Kier alpha value is -0.580. The second-order valence-electron chi connectivity index (χ2n) is 5.78. The van der Waals surface area contributed by atoms with Crippen LogP contribution in [0.25, 0.3) is 0 Å². The van der Waals surface area contributed by atoms with Gasteiger partial charge in [-0.3, -0.25) is 0 Å². The molecule has 1 unspecified atom stereocenters. The number of halogens is 1. The minimum Gasteiger partial charge on any atom is -0.394 e. The first-order chi connectivity index (χ1) is 9.45. The zero-order chi connectivity index (χ0) is 15.0. The fraction of sp³-hybridized carbons (Fsp3) is 0.625. The van der Waals surface area contributed by atoms with E-state index in [4.69, 9.17) is 0 Å². The number of rotatable bonds is 9. The molecule has 0 heterocycles. The molecule has 1 aromatic carbocycles. The van der Waals surface area contributed by atoms with Gasteiger partial charge in [0.05, 0.1) is 6.61 Å². The maximum Gasteiger partial charge on any atom is 0.123 e. The molecular weight excluding hydrogens is 273 g/mol. The summed E-state index contributed by atoms with van der Waals surface area (Å²) in [6.07, 6.45) is 3.13. The molecule has 1 aromatic rings. The van der Waals surface area contributed by atoms with Gasteiger partial charge in [0.1, 0.15) is 5.82 Å².